The third-order valence-corrected chi connectivity index (χ3v) is 3.31. The highest BCUT2D eigenvalue weighted by atomic mass is 35.5. The van der Waals surface area contributed by atoms with Gasteiger partial charge in [0.05, 0.1) is 0 Å². The Hall–Kier alpha value is -2.72. The quantitative estimate of drug-likeness (QED) is 0.384. The highest BCUT2D eigenvalue weighted by Gasteiger charge is 2.15. The highest BCUT2D eigenvalue weighted by Crippen LogP contribution is 2.14. The lowest BCUT2D eigenvalue weighted by Crippen LogP contribution is -2.35. The summed E-state index contributed by atoms with van der Waals surface area (Å²) in [6.45, 7) is 6.15. The smallest absolute Gasteiger partial charge is 0.407 e. The van der Waals surface area contributed by atoms with E-state index in [-0.39, 0.29) is 18.7 Å². The molecule has 0 atom stereocenters. The van der Waals surface area contributed by atoms with Gasteiger partial charge in [-0.15, -0.1) is 0 Å². The number of nitrogens with zero attached hydrogens (tertiary/aromatic N) is 1. The largest absolute Gasteiger partial charge is 0.444 e. The van der Waals surface area contributed by atoms with Crippen molar-refractivity contribution in [2.24, 2.45) is 0 Å². The van der Waals surface area contributed by atoms with Gasteiger partial charge in [-0.2, -0.15) is 5.26 Å². The summed E-state index contributed by atoms with van der Waals surface area (Å²) in [5, 5.41) is 17.6. The Kier molecular flexibility index (Phi) is 8.46. The maximum atomic E-state index is 12.0. The fourth-order valence-corrected chi connectivity index (χ4v) is 1.99. The molecule has 0 bridgehead atoms. The van der Waals surface area contributed by atoms with Gasteiger partial charge in [0.1, 0.15) is 17.2 Å². The van der Waals surface area contributed by atoms with Gasteiger partial charge in [0.15, 0.2) is 0 Å². The Morgan fingerprint density at radius 2 is 1.92 bits per heavy atom. The lowest BCUT2D eigenvalue weighted by Gasteiger charge is -2.19. The predicted molar refractivity (Wildman–Crippen MR) is 99.2 cm³/mol. The van der Waals surface area contributed by atoms with Crippen LogP contribution in [0.15, 0.2) is 36.0 Å². The summed E-state index contributed by atoms with van der Waals surface area (Å²) in [6, 6.07) is 8.95. The molecule has 0 aliphatic rings. The second kappa shape index (κ2) is 10.3. The van der Waals surface area contributed by atoms with Crippen molar-refractivity contribution in [2.75, 3.05) is 13.1 Å². The SMILES string of the molecule is CC(C)(C)OC(=O)NCCN/C=C(/C#N)C(=O)NCc1ccccc1Cl. The van der Waals surface area contributed by atoms with E-state index in [9.17, 15) is 9.59 Å². The van der Waals surface area contributed by atoms with Gasteiger partial charge in [0, 0.05) is 30.9 Å². The molecule has 0 aromatic heterocycles. The Balaban J connectivity index is 2.38. The highest BCUT2D eigenvalue weighted by molar-refractivity contribution is 6.31. The molecular formula is C18H23ClN4O3. The van der Waals surface area contributed by atoms with Crippen LogP contribution in [0, 0.1) is 11.3 Å². The molecule has 0 aliphatic heterocycles. The average molecular weight is 379 g/mol. The zero-order chi connectivity index (χ0) is 19.6. The minimum Gasteiger partial charge on any atom is -0.444 e. The van der Waals surface area contributed by atoms with Gasteiger partial charge in [0.2, 0.25) is 0 Å². The summed E-state index contributed by atoms with van der Waals surface area (Å²) < 4.78 is 5.09. The fourth-order valence-electron chi connectivity index (χ4n) is 1.79. The molecule has 0 unspecified atom stereocenters. The fraction of sp³-hybridized carbons (Fsp3) is 0.389. The summed E-state index contributed by atoms with van der Waals surface area (Å²) in [4.78, 5) is 23.5. The first-order chi connectivity index (χ1) is 12.2. The zero-order valence-corrected chi connectivity index (χ0v) is 15.8. The van der Waals surface area contributed by atoms with E-state index < -0.39 is 17.6 Å². The molecule has 26 heavy (non-hydrogen) atoms. The molecule has 0 heterocycles. The second-order valence-electron chi connectivity index (χ2n) is 6.33. The van der Waals surface area contributed by atoms with Crippen LogP contribution in [0.3, 0.4) is 0 Å². The predicted octanol–water partition coefficient (Wildman–Crippen LogP) is 2.48. The second-order valence-corrected chi connectivity index (χ2v) is 6.73. The molecule has 8 heteroatoms. The van der Waals surface area contributed by atoms with Gasteiger partial charge in [-0.1, -0.05) is 29.8 Å². The van der Waals surface area contributed by atoms with Gasteiger partial charge in [0.25, 0.3) is 5.91 Å². The maximum absolute atomic E-state index is 12.0. The van der Waals surface area contributed by atoms with Crippen molar-refractivity contribution in [1.29, 1.82) is 5.26 Å². The molecule has 0 saturated carbocycles. The first-order valence-electron chi connectivity index (χ1n) is 8.05. The van der Waals surface area contributed by atoms with E-state index in [1.807, 2.05) is 12.1 Å². The van der Waals surface area contributed by atoms with Crippen molar-refractivity contribution in [3.8, 4) is 6.07 Å². The Morgan fingerprint density at radius 1 is 1.23 bits per heavy atom. The normalized spacial score (nSPS) is 11.3. The van der Waals surface area contributed by atoms with Crippen LogP contribution in [0.5, 0.6) is 0 Å². The van der Waals surface area contributed by atoms with Crippen LogP contribution in [0.25, 0.3) is 0 Å². The molecule has 3 N–H and O–H groups in total. The van der Waals surface area contributed by atoms with Gasteiger partial charge in [-0.25, -0.2) is 4.79 Å². The number of hydrogen-bond donors (Lipinski definition) is 3. The monoisotopic (exact) mass is 378 g/mol. The minimum atomic E-state index is -0.564. The Bertz CT molecular complexity index is 705. The van der Waals surface area contributed by atoms with Crippen LogP contribution in [-0.4, -0.2) is 30.7 Å². The summed E-state index contributed by atoms with van der Waals surface area (Å²) in [5.74, 6) is -0.514. The first-order valence-corrected chi connectivity index (χ1v) is 8.43. The van der Waals surface area contributed by atoms with E-state index in [4.69, 9.17) is 21.6 Å². The number of alkyl carbamates (subject to hydrolysis) is 1. The number of ether oxygens (including phenoxy) is 1. The molecule has 0 spiro atoms. The molecule has 1 aromatic carbocycles. The maximum Gasteiger partial charge on any atom is 0.407 e. The molecular weight excluding hydrogens is 356 g/mol. The van der Waals surface area contributed by atoms with E-state index in [2.05, 4.69) is 16.0 Å². The van der Waals surface area contributed by atoms with Crippen molar-refractivity contribution in [2.45, 2.75) is 32.9 Å². The van der Waals surface area contributed by atoms with Gasteiger partial charge >= 0.3 is 6.09 Å². The van der Waals surface area contributed by atoms with Crippen LogP contribution < -0.4 is 16.0 Å². The number of amides is 2. The number of rotatable bonds is 7. The van der Waals surface area contributed by atoms with E-state index >= 15 is 0 Å². The summed E-state index contributed by atoms with van der Waals surface area (Å²) in [6.07, 6.45) is 0.778. The molecule has 0 saturated heterocycles. The van der Waals surface area contributed by atoms with Crippen LogP contribution in [-0.2, 0) is 16.1 Å². The zero-order valence-electron chi connectivity index (χ0n) is 15.1. The van der Waals surface area contributed by atoms with Crippen LogP contribution in [0.4, 0.5) is 4.79 Å². The van der Waals surface area contributed by atoms with Crippen molar-refractivity contribution in [3.05, 3.63) is 46.6 Å². The third kappa shape index (κ3) is 8.40. The topological polar surface area (TPSA) is 103 Å². The van der Waals surface area contributed by atoms with Crippen molar-refractivity contribution in [1.82, 2.24) is 16.0 Å². The number of carbonyl (C=O) groups is 2. The van der Waals surface area contributed by atoms with E-state index in [1.165, 1.54) is 6.20 Å². The molecule has 0 fully saturated rings. The van der Waals surface area contributed by atoms with Crippen LogP contribution >= 0.6 is 11.6 Å². The van der Waals surface area contributed by atoms with Crippen LogP contribution in [0.1, 0.15) is 26.3 Å². The number of halogens is 1. The third-order valence-electron chi connectivity index (χ3n) is 2.95. The number of hydrogen-bond acceptors (Lipinski definition) is 5. The van der Waals surface area contributed by atoms with Crippen molar-refractivity contribution in [3.63, 3.8) is 0 Å². The first kappa shape index (κ1) is 21.3. The van der Waals surface area contributed by atoms with Gasteiger partial charge < -0.3 is 20.7 Å². The molecule has 140 valence electrons. The van der Waals surface area contributed by atoms with E-state index in [0.29, 0.717) is 11.6 Å². The minimum absolute atomic E-state index is 0.0747. The molecule has 0 radical (unpaired) electrons. The van der Waals surface area contributed by atoms with E-state index in [0.717, 1.165) is 5.56 Å². The molecule has 2 amide bonds. The van der Waals surface area contributed by atoms with Gasteiger partial charge in [-0.3, -0.25) is 4.79 Å². The van der Waals surface area contributed by atoms with E-state index in [1.54, 1.807) is 39.0 Å². The standard InChI is InChI=1S/C18H23ClN4O3/c1-18(2,3)26-17(25)22-9-8-21-11-14(10-20)16(24)23-12-13-6-4-5-7-15(13)19/h4-7,11,21H,8-9,12H2,1-3H3,(H,22,25)(H,23,24)/b14-11-. The number of nitriles is 1. The number of nitrogens with one attached hydrogen (secondary N) is 3. The van der Waals surface area contributed by atoms with Crippen molar-refractivity contribution < 1.29 is 14.3 Å². The van der Waals surface area contributed by atoms with Gasteiger partial charge in [-0.05, 0) is 32.4 Å². The number of carbonyl (C=O) groups excluding carboxylic acids is 2. The van der Waals surface area contributed by atoms with Crippen molar-refractivity contribution >= 4 is 23.6 Å². The summed E-state index contributed by atoms with van der Waals surface area (Å²) in [7, 11) is 0. The molecule has 7 nitrogen and oxygen atoms in total. The lowest BCUT2D eigenvalue weighted by atomic mass is 10.2. The summed E-state index contributed by atoms with van der Waals surface area (Å²) >= 11 is 6.02. The summed E-state index contributed by atoms with van der Waals surface area (Å²) in [5.41, 5.74) is 0.120. The Morgan fingerprint density at radius 3 is 2.54 bits per heavy atom. The molecule has 1 rings (SSSR count). The Labute approximate surface area is 158 Å². The number of benzene rings is 1. The van der Waals surface area contributed by atoms with Crippen LogP contribution in [0.2, 0.25) is 5.02 Å². The lowest BCUT2D eigenvalue weighted by molar-refractivity contribution is -0.117. The molecule has 1 aromatic rings. The molecule has 0 aliphatic carbocycles. The average Bonchev–Trinajstić information content (AvgIpc) is 2.55.